The SMILES string of the molecule is C/C(=N/Nc1ccc(C(=O)[O-])cc1)c1cc(C)oc1C. The topological polar surface area (TPSA) is 77.7 Å². The number of carboxylic acid groups (broad SMARTS) is 1. The number of carbonyl (C=O) groups is 1. The van der Waals surface area contributed by atoms with Crippen molar-refractivity contribution in [1.29, 1.82) is 0 Å². The highest BCUT2D eigenvalue weighted by atomic mass is 16.4. The number of aromatic carboxylic acids is 1. The maximum atomic E-state index is 10.6. The average Bonchev–Trinajstić information content (AvgIpc) is 2.75. The summed E-state index contributed by atoms with van der Waals surface area (Å²) < 4.78 is 5.45. The summed E-state index contributed by atoms with van der Waals surface area (Å²) in [5.41, 5.74) is 5.46. The quantitative estimate of drug-likeness (QED) is 0.682. The predicted octanol–water partition coefficient (Wildman–Crippen LogP) is 2.10. The fourth-order valence-corrected chi connectivity index (χ4v) is 1.88. The Hall–Kier alpha value is -2.56. The van der Waals surface area contributed by atoms with Gasteiger partial charge in [-0.3, -0.25) is 5.43 Å². The Bertz CT molecular complexity index is 654. The molecule has 0 fully saturated rings. The summed E-state index contributed by atoms with van der Waals surface area (Å²) in [6, 6.07) is 8.13. The summed E-state index contributed by atoms with van der Waals surface area (Å²) >= 11 is 0. The lowest BCUT2D eigenvalue weighted by molar-refractivity contribution is -0.255. The van der Waals surface area contributed by atoms with Crippen LogP contribution in [0, 0.1) is 13.8 Å². The molecule has 5 nitrogen and oxygen atoms in total. The maximum absolute atomic E-state index is 10.6. The van der Waals surface area contributed by atoms with Crippen molar-refractivity contribution in [2.75, 3.05) is 5.43 Å². The van der Waals surface area contributed by atoms with Gasteiger partial charge in [0.2, 0.25) is 0 Å². The van der Waals surface area contributed by atoms with Crippen molar-refractivity contribution in [1.82, 2.24) is 0 Å². The number of aryl methyl sites for hydroxylation is 2. The minimum Gasteiger partial charge on any atom is -0.545 e. The van der Waals surface area contributed by atoms with E-state index in [1.54, 1.807) is 12.1 Å². The van der Waals surface area contributed by atoms with Crippen molar-refractivity contribution in [3.63, 3.8) is 0 Å². The zero-order valence-corrected chi connectivity index (χ0v) is 11.6. The third-order valence-electron chi connectivity index (χ3n) is 2.90. The molecule has 1 N–H and O–H groups in total. The van der Waals surface area contributed by atoms with Gasteiger partial charge in [0.05, 0.1) is 17.4 Å². The van der Waals surface area contributed by atoms with E-state index in [-0.39, 0.29) is 5.56 Å². The molecule has 0 aliphatic heterocycles. The molecule has 0 saturated carbocycles. The summed E-state index contributed by atoms with van der Waals surface area (Å²) in [4.78, 5) is 10.6. The van der Waals surface area contributed by atoms with Crippen molar-refractivity contribution in [2.24, 2.45) is 5.10 Å². The van der Waals surface area contributed by atoms with Gasteiger partial charge in [0.25, 0.3) is 0 Å². The molecule has 0 atom stereocenters. The standard InChI is InChI=1S/C15H16N2O3/c1-9-8-14(11(3)20-9)10(2)16-17-13-6-4-12(5-7-13)15(18)19/h4-8,17H,1-3H3,(H,18,19)/p-1/b16-10-. The van der Waals surface area contributed by atoms with E-state index in [4.69, 9.17) is 4.42 Å². The molecular formula is C15H15N2O3-. The van der Waals surface area contributed by atoms with Crippen molar-refractivity contribution in [3.8, 4) is 0 Å². The molecule has 2 aromatic rings. The van der Waals surface area contributed by atoms with Gasteiger partial charge in [-0.25, -0.2) is 0 Å². The Balaban J connectivity index is 2.12. The lowest BCUT2D eigenvalue weighted by Gasteiger charge is -2.05. The first kappa shape index (κ1) is 13.9. The van der Waals surface area contributed by atoms with Gasteiger partial charge in [-0.15, -0.1) is 0 Å². The van der Waals surface area contributed by atoms with Gasteiger partial charge < -0.3 is 14.3 Å². The number of carboxylic acids is 1. The molecule has 2 rings (SSSR count). The second kappa shape index (κ2) is 5.61. The number of benzene rings is 1. The Morgan fingerprint density at radius 3 is 2.40 bits per heavy atom. The summed E-state index contributed by atoms with van der Waals surface area (Å²) in [5.74, 6) is 0.462. The fraction of sp³-hybridized carbons (Fsp3) is 0.200. The van der Waals surface area contributed by atoms with E-state index in [9.17, 15) is 9.90 Å². The number of hydrazone groups is 1. The maximum Gasteiger partial charge on any atom is 0.110 e. The Kier molecular flexibility index (Phi) is 3.89. The van der Waals surface area contributed by atoms with Gasteiger partial charge >= 0.3 is 0 Å². The summed E-state index contributed by atoms with van der Waals surface area (Å²) in [5, 5.41) is 14.9. The normalized spacial score (nSPS) is 11.4. The zero-order chi connectivity index (χ0) is 14.7. The molecule has 20 heavy (non-hydrogen) atoms. The first-order valence-corrected chi connectivity index (χ1v) is 6.16. The van der Waals surface area contributed by atoms with Gasteiger partial charge in [-0.05, 0) is 44.5 Å². The highest BCUT2D eigenvalue weighted by Crippen LogP contribution is 2.15. The summed E-state index contributed by atoms with van der Waals surface area (Å²) in [6.07, 6.45) is 0. The van der Waals surface area contributed by atoms with E-state index in [0.29, 0.717) is 5.69 Å². The third kappa shape index (κ3) is 3.06. The predicted molar refractivity (Wildman–Crippen MR) is 74.8 cm³/mol. The number of hydrogen-bond donors (Lipinski definition) is 1. The molecule has 0 aliphatic carbocycles. The number of rotatable bonds is 4. The Morgan fingerprint density at radius 1 is 1.25 bits per heavy atom. The van der Waals surface area contributed by atoms with Crippen molar-refractivity contribution < 1.29 is 14.3 Å². The molecule has 1 aromatic heterocycles. The van der Waals surface area contributed by atoms with Crippen LogP contribution in [0.25, 0.3) is 0 Å². The van der Waals surface area contributed by atoms with Gasteiger partial charge in [0, 0.05) is 5.56 Å². The van der Waals surface area contributed by atoms with Crippen molar-refractivity contribution >= 4 is 17.4 Å². The molecule has 0 bridgehead atoms. The van der Waals surface area contributed by atoms with Gasteiger partial charge in [-0.1, -0.05) is 12.1 Å². The van der Waals surface area contributed by atoms with E-state index in [0.717, 1.165) is 22.8 Å². The molecule has 0 saturated heterocycles. The molecule has 1 aromatic carbocycles. The number of nitrogens with zero attached hydrogens (tertiary/aromatic N) is 1. The van der Waals surface area contributed by atoms with E-state index >= 15 is 0 Å². The number of carbonyl (C=O) groups excluding carboxylic acids is 1. The van der Waals surface area contributed by atoms with Crippen LogP contribution in [0.3, 0.4) is 0 Å². The van der Waals surface area contributed by atoms with Crippen LogP contribution < -0.4 is 10.5 Å². The van der Waals surface area contributed by atoms with Crippen LogP contribution in [0.4, 0.5) is 5.69 Å². The number of furan rings is 1. The van der Waals surface area contributed by atoms with Crippen LogP contribution in [0.2, 0.25) is 0 Å². The molecular weight excluding hydrogens is 256 g/mol. The summed E-state index contributed by atoms with van der Waals surface area (Å²) in [6.45, 7) is 5.64. The van der Waals surface area contributed by atoms with E-state index in [2.05, 4.69) is 10.5 Å². The molecule has 104 valence electrons. The van der Waals surface area contributed by atoms with Gasteiger partial charge in [0.1, 0.15) is 11.5 Å². The monoisotopic (exact) mass is 271 g/mol. The van der Waals surface area contributed by atoms with Crippen molar-refractivity contribution in [2.45, 2.75) is 20.8 Å². The molecule has 0 amide bonds. The molecule has 0 unspecified atom stereocenters. The zero-order valence-electron chi connectivity index (χ0n) is 11.6. The van der Waals surface area contributed by atoms with Crippen LogP contribution in [-0.4, -0.2) is 11.7 Å². The number of nitrogens with one attached hydrogen (secondary N) is 1. The van der Waals surface area contributed by atoms with Crippen LogP contribution in [0.15, 0.2) is 39.9 Å². The Morgan fingerprint density at radius 2 is 1.90 bits per heavy atom. The minimum absolute atomic E-state index is 0.137. The highest BCUT2D eigenvalue weighted by Gasteiger charge is 2.07. The van der Waals surface area contributed by atoms with E-state index in [1.807, 2.05) is 26.8 Å². The van der Waals surface area contributed by atoms with E-state index < -0.39 is 5.97 Å². The third-order valence-corrected chi connectivity index (χ3v) is 2.90. The first-order chi connectivity index (χ1) is 9.47. The molecule has 5 heteroatoms. The Labute approximate surface area is 116 Å². The van der Waals surface area contributed by atoms with Gasteiger partial charge in [-0.2, -0.15) is 5.10 Å². The molecule has 0 spiro atoms. The summed E-state index contributed by atoms with van der Waals surface area (Å²) in [7, 11) is 0. The van der Waals surface area contributed by atoms with Gasteiger partial charge in [0.15, 0.2) is 0 Å². The van der Waals surface area contributed by atoms with Crippen LogP contribution in [0.1, 0.15) is 34.4 Å². The molecule has 0 aliphatic rings. The molecule has 0 radical (unpaired) electrons. The second-order valence-electron chi connectivity index (χ2n) is 4.50. The lowest BCUT2D eigenvalue weighted by Crippen LogP contribution is -2.21. The first-order valence-electron chi connectivity index (χ1n) is 6.16. The largest absolute Gasteiger partial charge is 0.545 e. The fourth-order valence-electron chi connectivity index (χ4n) is 1.88. The van der Waals surface area contributed by atoms with Crippen LogP contribution in [0.5, 0.6) is 0 Å². The number of hydrogen-bond acceptors (Lipinski definition) is 5. The smallest absolute Gasteiger partial charge is 0.110 e. The van der Waals surface area contributed by atoms with Crippen LogP contribution in [-0.2, 0) is 0 Å². The average molecular weight is 271 g/mol. The highest BCUT2D eigenvalue weighted by molar-refractivity contribution is 6.00. The second-order valence-corrected chi connectivity index (χ2v) is 4.50. The minimum atomic E-state index is -1.19. The van der Waals surface area contributed by atoms with Crippen LogP contribution >= 0.6 is 0 Å². The molecule has 1 heterocycles. The lowest BCUT2D eigenvalue weighted by atomic mass is 10.2. The van der Waals surface area contributed by atoms with Crippen molar-refractivity contribution in [3.05, 3.63) is 53.0 Å². The van der Waals surface area contributed by atoms with E-state index in [1.165, 1.54) is 12.1 Å². The number of anilines is 1.